The summed E-state index contributed by atoms with van der Waals surface area (Å²) in [6.07, 6.45) is 3.13. The standard InChI is InChI=1S/C30H31F2NO3/c1-20(27-11-7-22-15-24(31)9-13-28(22)35-27)17-33(18-21-5-3-2-4-6-21)19-26(34)30-12-8-23-16-25(32)10-14-29(23)36-30/h2-6,9-10,12-16,20,26-27,34H,7-8,11,17-19H2,1H3. The van der Waals surface area contributed by atoms with Crippen LogP contribution in [-0.2, 0) is 19.4 Å². The van der Waals surface area contributed by atoms with E-state index in [1.165, 1.54) is 18.2 Å². The van der Waals surface area contributed by atoms with Crippen LogP contribution in [0.25, 0.3) is 0 Å². The molecule has 0 radical (unpaired) electrons. The van der Waals surface area contributed by atoms with Gasteiger partial charge in [0.05, 0.1) is 0 Å². The highest BCUT2D eigenvalue weighted by molar-refractivity contribution is 5.40. The predicted octanol–water partition coefficient (Wildman–Crippen LogP) is 5.68. The fourth-order valence-corrected chi connectivity index (χ4v) is 5.07. The lowest BCUT2D eigenvalue weighted by atomic mass is 9.93. The van der Waals surface area contributed by atoms with Crippen molar-refractivity contribution >= 4 is 0 Å². The van der Waals surface area contributed by atoms with Crippen LogP contribution < -0.4 is 9.47 Å². The van der Waals surface area contributed by atoms with Gasteiger partial charge in [-0.3, -0.25) is 4.90 Å². The molecular formula is C30H31F2NO3. The van der Waals surface area contributed by atoms with Crippen molar-refractivity contribution in [2.75, 3.05) is 13.1 Å². The number of halogens is 2. The first-order valence-corrected chi connectivity index (χ1v) is 12.5. The first kappa shape index (κ1) is 24.5. The van der Waals surface area contributed by atoms with Crippen molar-refractivity contribution in [2.45, 2.75) is 44.9 Å². The zero-order valence-corrected chi connectivity index (χ0v) is 20.4. The van der Waals surface area contributed by atoms with E-state index in [-0.39, 0.29) is 23.7 Å². The number of rotatable bonds is 8. The summed E-state index contributed by atoms with van der Waals surface area (Å²) in [6.45, 7) is 3.93. The number of aliphatic hydroxyl groups excluding tert-OH is 1. The summed E-state index contributed by atoms with van der Waals surface area (Å²) in [5, 5.41) is 11.1. The minimum atomic E-state index is -0.824. The Morgan fingerprint density at radius 2 is 1.67 bits per heavy atom. The second-order valence-corrected chi connectivity index (χ2v) is 9.78. The van der Waals surface area contributed by atoms with E-state index in [0.717, 1.165) is 35.3 Å². The SMILES string of the molecule is CC(CN(Cc1ccccc1)CC(O)C1=CCc2cc(F)ccc2O1)C1CCc2cc(F)ccc2O1. The third kappa shape index (κ3) is 5.77. The molecule has 0 saturated heterocycles. The van der Waals surface area contributed by atoms with Crippen LogP contribution in [0.4, 0.5) is 8.78 Å². The molecule has 3 unspecified atom stereocenters. The molecule has 0 amide bonds. The van der Waals surface area contributed by atoms with Crippen molar-refractivity contribution in [3.05, 3.63) is 107 Å². The molecule has 0 aromatic heterocycles. The summed E-state index contributed by atoms with van der Waals surface area (Å²) in [5.41, 5.74) is 2.84. The third-order valence-corrected chi connectivity index (χ3v) is 6.96. The number of fused-ring (bicyclic) bond motifs is 2. The lowest BCUT2D eigenvalue weighted by Gasteiger charge is -2.35. The minimum absolute atomic E-state index is 0.00490. The molecule has 0 saturated carbocycles. The molecule has 3 aromatic carbocycles. The average molecular weight is 492 g/mol. The summed E-state index contributed by atoms with van der Waals surface area (Å²) in [7, 11) is 0. The Balaban J connectivity index is 1.27. The van der Waals surface area contributed by atoms with E-state index in [1.54, 1.807) is 18.2 Å². The van der Waals surface area contributed by atoms with Crippen molar-refractivity contribution in [2.24, 2.45) is 5.92 Å². The molecular weight excluding hydrogens is 460 g/mol. The maximum absolute atomic E-state index is 13.6. The number of hydrogen-bond donors (Lipinski definition) is 1. The second-order valence-electron chi connectivity index (χ2n) is 9.78. The predicted molar refractivity (Wildman–Crippen MR) is 135 cm³/mol. The molecule has 2 heterocycles. The van der Waals surface area contributed by atoms with Gasteiger partial charge in [0.1, 0.15) is 41.1 Å². The van der Waals surface area contributed by atoms with Gasteiger partial charge in [-0.2, -0.15) is 0 Å². The zero-order chi connectivity index (χ0) is 25.1. The van der Waals surface area contributed by atoms with Crippen LogP contribution in [0.3, 0.4) is 0 Å². The van der Waals surface area contributed by atoms with E-state index in [2.05, 4.69) is 24.0 Å². The van der Waals surface area contributed by atoms with Gasteiger partial charge in [-0.1, -0.05) is 37.3 Å². The fourth-order valence-electron chi connectivity index (χ4n) is 5.07. The lowest BCUT2D eigenvalue weighted by Crippen LogP contribution is -2.41. The van der Waals surface area contributed by atoms with E-state index in [1.807, 2.05) is 24.3 Å². The van der Waals surface area contributed by atoms with Gasteiger partial charge in [0.25, 0.3) is 0 Å². The molecule has 2 aliphatic heterocycles. The molecule has 1 N–H and O–H groups in total. The number of hydrogen-bond acceptors (Lipinski definition) is 4. The molecule has 36 heavy (non-hydrogen) atoms. The molecule has 0 fully saturated rings. The monoisotopic (exact) mass is 491 g/mol. The third-order valence-electron chi connectivity index (χ3n) is 6.96. The molecule has 4 nitrogen and oxygen atoms in total. The Kier molecular flexibility index (Phi) is 7.35. The van der Waals surface area contributed by atoms with Crippen LogP contribution in [0.15, 0.2) is 78.6 Å². The van der Waals surface area contributed by atoms with Crippen molar-refractivity contribution in [1.29, 1.82) is 0 Å². The Morgan fingerprint density at radius 1 is 0.944 bits per heavy atom. The summed E-state index contributed by atoms with van der Waals surface area (Å²) in [6, 6.07) is 19.3. The van der Waals surface area contributed by atoms with E-state index in [4.69, 9.17) is 9.47 Å². The van der Waals surface area contributed by atoms with Crippen molar-refractivity contribution in [1.82, 2.24) is 4.90 Å². The lowest BCUT2D eigenvalue weighted by molar-refractivity contribution is 0.0607. The van der Waals surface area contributed by atoms with Gasteiger partial charge < -0.3 is 14.6 Å². The van der Waals surface area contributed by atoms with Gasteiger partial charge in [0, 0.05) is 31.1 Å². The smallest absolute Gasteiger partial charge is 0.130 e. The number of nitrogens with zero attached hydrogens (tertiary/aromatic N) is 1. The summed E-state index contributed by atoms with van der Waals surface area (Å²) < 4.78 is 39.3. The van der Waals surface area contributed by atoms with Crippen molar-refractivity contribution in [3.63, 3.8) is 0 Å². The topological polar surface area (TPSA) is 41.9 Å². The summed E-state index contributed by atoms with van der Waals surface area (Å²) in [4.78, 5) is 2.22. The Labute approximate surface area is 210 Å². The second kappa shape index (κ2) is 10.8. The van der Waals surface area contributed by atoms with Crippen LogP contribution in [-0.4, -0.2) is 35.3 Å². The first-order chi connectivity index (χ1) is 17.4. The van der Waals surface area contributed by atoms with Crippen molar-refractivity contribution in [3.8, 4) is 11.5 Å². The number of benzene rings is 3. The summed E-state index contributed by atoms with van der Waals surface area (Å²) in [5.74, 6) is 1.48. The first-order valence-electron chi connectivity index (χ1n) is 12.5. The highest BCUT2D eigenvalue weighted by Crippen LogP contribution is 2.32. The molecule has 188 valence electrons. The number of ether oxygens (including phenoxy) is 2. The number of allylic oxidation sites excluding steroid dienone is 1. The van der Waals surface area contributed by atoms with Gasteiger partial charge in [0.2, 0.25) is 0 Å². The molecule has 3 atom stereocenters. The Bertz CT molecular complexity index is 1230. The summed E-state index contributed by atoms with van der Waals surface area (Å²) >= 11 is 0. The number of aryl methyl sites for hydroxylation is 1. The van der Waals surface area contributed by atoms with Crippen LogP contribution >= 0.6 is 0 Å². The van der Waals surface area contributed by atoms with Gasteiger partial charge >= 0.3 is 0 Å². The van der Waals surface area contributed by atoms with E-state index in [9.17, 15) is 13.9 Å². The van der Waals surface area contributed by atoms with Gasteiger partial charge in [-0.25, -0.2) is 8.78 Å². The quantitative estimate of drug-likeness (QED) is 0.441. The molecule has 0 bridgehead atoms. The van der Waals surface area contributed by atoms with Crippen LogP contribution in [0.5, 0.6) is 11.5 Å². The molecule has 0 aliphatic carbocycles. The maximum Gasteiger partial charge on any atom is 0.130 e. The van der Waals surface area contributed by atoms with Gasteiger partial charge in [-0.15, -0.1) is 0 Å². The molecule has 5 rings (SSSR count). The zero-order valence-electron chi connectivity index (χ0n) is 20.4. The minimum Gasteiger partial charge on any atom is -0.490 e. The van der Waals surface area contributed by atoms with Crippen molar-refractivity contribution < 1.29 is 23.4 Å². The highest BCUT2D eigenvalue weighted by Gasteiger charge is 2.28. The number of aliphatic hydroxyl groups is 1. The largest absolute Gasteiger partial charge is 0.490 e. The Hall–Kier alpha value is -3.22. The van der Waals surface area contributed by atoms with Crippen LogP contribution in [0.2, 0.25) is 0 Å². The van der Waals surface area contributed by atoms with Gasteiger partial charge in [-0.05, 0) is 72.9 Å². The molecule has 3 aromatic rings. The van der Waals surface area contributed by atoms with Crippen LogP contribution in [0, 0.1) is 17.6 Å². The molecule has 0 spiro atoms. The van der Waals surface area contributed by atoms with Gasteiger partial charge in [0.15, 0.2) is 0 Å². The maximum atomic E-state index is 13.6. The molecule has 2 aliphatic rings. The Morgan fingerprint density at radius 3 is 2.44 bits per heavy atom. The fraction of sp³-hybridized carbons (Fsp3) is 0.333. The van der Waals surface area contributed by atoms with E-state index < -0.39 is 6.10 Å². The highest BCUT2D eigenvalue weighted by atomic mass is 19.1. The average Bonchev–Trinajstić information content (AvgIpc) is 2.88. The normalized spacial score (nSPS) is 18.4. The van der Waals surface area contributed by atoms with Crippen LogP contribution in [0.1, 0.15) is 30.0 Å². The molecule has 6 heteroatoms. The van der Waals surface area contributed by atoms with E-state index >= 15 is 0 Å². The van der Waals surface area contributed by atoms with E-state index in [0.29, 0.717) is 37.6 Å².